The number of anilines is 2. The zero-order chi connectivity index (χ0) is 17.4. The van der Waals surface area contributed by atoms with Crippen molar-refractivity contribution in [2.45, 2.75) is 12.8 Å². The van der Waals surface area contributed by atoms with Crippen LogP contribution in [0.3, 0.4) is 0 Å². The summed E-state index contributed by atoms with van der Waals surface area (Å²) in [6.07, 6.45) is 0.746. The summed E-state index contributed by atoms with van der Waals surface area (Å²) >= 11 is 0. The maximum atomic E-state index is 13.4. The smallest absolute Gasteiger partial charge is 0.224 e. The van der Waals surface area contributed by atoms with Crippen molar-refractivity contribution in [1.82, 2.24) is 0 Å². The highest BCUT2D eigenvalue weighted by Crippen LogP contribution is 2.25. The van der Waals surface area contributed by atoms with Crippen LogP contribution >= 0.6 is 0 Å². The first-order valence-electron chi connectivity index (χ1n) is 7.64. The number of ether oxygens (including phenoxy) is 2. The molecule has 0 atom stereocenters. The van der Waals surface area contributed by atoms with Crippen molar-refractivity contribution in [2.24, 2.45) is 0 Å². The van der Waals surface area contributed by atoms with Gasteiger partial charge >= 0.3 is 0 Å². The molecular formula is C18H21FN2O3. The standard InChI is InChI=1S/C18H21FN2O3/c1-23-10-11-24-17-8-7-14(19)12-16(17)21-18(22)9-6-13-4-2-3-5-15(13)20/h2-5,7-8,12H,6,9-11,20H2,1H3,(H,21,22). The average molecular weight is 332 g/mol. The van der Waals surface area contributed by atoms with E-state index in [0.717, 1.165) is 5.56 Å². The number of methoxy groups -OCH3 is 1. The van der Waals surface area contributed by atoms with E-state index >= 15 is 0 Å². The topological polar surface area (TPSA) is 73.6 Å². The van der Waals surface area contributed by atoms with Crippen molar-refractivity contribution in [3.05, 3.63) is 53.8 Å². The molecule has 0 heterocycles. The van der Waals surface area contributed by atoms with Gasteiger partial charge < -0.3 is 20.5 Å². The number of aryl methyl sites for hydroxylation is 1. The molecule has 2 aromatic carbocycles. The molecule has 5 nitrogen and oxygen atoms in total. The summed E-state index contributed by atoms with van der Waals surface area (Å²) in [6, 6.07) is 11.4. The van der Waals surface area contributed by atoms with E-state index in [9.17, 15) is 9.18 Å². The number of carbonyl (C=O) groups is 1. The largest absolute Gasteiger partial charge is 0.489 e. The molecule has 2 rings (SSSR count). The normalized spacial score (nSPS) is 10.4. The summed E-state index contributed by atoms with van der Waals surface area (Å²) in [5.41, 5.74) is 7.72. The first-order chi connectivity index (χ1) is 11.6. The average Bonchev–Trinajstić information content (AvgIpc) is 2.56. The van der Waals surface area contributed by atoms with Gasteiger partial charge in [-0.25, -0.2) is 4.39 Å². The van der Waals surface area contributed by atoms with Crippen molar-refractivity contribution in [2.75, 3.05) is 31.4 Å². The fraction of sp³-hybridized carbons (Fsp3) is 0.278. The lowest BCUT2D eigenvalue weighted by atomic mass is 10.1. The summed E-state index contributed by atoms with van der Waals surface area (Å²) in [4.78, 5) is 12.1. The molecule has 0 spiro atoms. The second-order valence-electron chi connectivity index (χ2n) is 5.23. The molecule has 0 aliphatic heterocycles. The third-order valence-electron chi connectivity index (χ3n) is 3.44. The van der Waals surface area contributed by atoms with E-state index in [1.165, 1.54) is 18.2 Å². The molecule has 128 valence electrons. The van der Waals surface area contributed by atoms with Crippen LogP contribution in [0.2, 0.25) is 0 Å². The fourth-order valence-electron chi connectivity index (χ4n) is 2.18. The molecule has 0 saturated heterocycles. The number of nitrogens with two attached hydrogens (primary N) is 1. The van der Waals surface area contributed by atoms with Crippen molar-refractivity contribution >= 4 is 17.3 Å². The Morgan fingerprint density at radius 2 is 2.00 bits per heavy atom. The van der Waals surface area contributed by atoms with Gasteiger partial charge in [0.05, 0.1) is 12.3 Å². The molecule has 0 radical (unpaired) electrons. The number of amides is 1. The highest BCUT2D eigenvalue weighted by molar-refractivity contribution is 5.92. The maximum Gasteiger partial charge on any atom is 0.224 e. The van der Waals surface area contributed by atoms with Crippen LogP contribution in [-0.2, 0) is 16.0 Å². The highest BCUT2D eigenvalue weighted by atomic mass is 19.1. The zero-order valence-corrected chi connectivity index (χ0v) is 13.5. The minimum atomic E-state index is -0.448. The number of para-hydroxylation sites is 1. The molecule has 0 saturated carbocycles. The molecule has 0 bridgehead atoms. The first kappa shape index (κ1) is 17.7. The summed E-state index contributed by atoms with van der Waals surface area (Å²) in [6.45, 7) is 0.712. The number of hydrogen-bond acceptors (Lipinski definition) is 4. The molecule has 0 aromatic heterocycles. The van der Waals surface area contributed by atoms with Crippen LogP contribution in [0.1, 0.15) is 12.0 Å². The molecule has 0 fully saturated rings. The number of benzene rings is 2. The minimum Gasteiger partial charge on any atom is -0.489 e. The van der Waals surface area contributed by atoms with Gasteiger partial charge in [0.25, 0.3) is 0 Å². The Kier molecular flexibility index (Phi) is 6.57. The van der Waals surface area contributed by atoms with Crippen LogP contribution in [0.15, 0.2) is 42.5 Å². The third-order valence-corrected chi connectivity index (χ3v) is 3.44. The van der Waals surface area contributed by atoms with Crippen LogP contribution in [0.4, 0.5) is 15.8 Å². The molecule has 1 amide bonds. The van der Waals surface area contributed by atoms with E-state index in [1.807, 2.05) is 18.2 Å². The van der Waals surface area contributed by atoms with Gasteiger partial charge in [0.2, 0.25) is 5.91 Å². The maximum absolute atomic E-state index is 13.4. The quantitative estimate of drug-likeness (QED) is 0.576. The predicted octanol–water partition coefficient (Wildman–Crippen LogP) is 3.00. The fourth-order valence-corrected chi connectivity index (χ4v) is 2.18. The van der Waals surface area contributed by atoms with E-state index in [1.54, 1.807) is 13.2 Å². The van der Waals surface area contributed by atoms with Gasteiger partial charge in [-0.3, -0.25) is 4.79 Å². The Labute approximate surface area is 140 Å². The van der Waals surface area contributed by atoms with Crippen molar-refractivity contribution in [1.29, 1.82) is 0 Å². The Morgan fingerprint density at radius 1 is 1.21 bits per heavy atom. The van der Waals surface area contributed by atoms with E-state index in [-0.39, 0.29) is 12.3 Å². The Morgan fingerprint density at radius 3 is 2.75 bits per heavy atom. The van der Waals surface area contributed by atoms with Crippen molar-refractivity contribution < 1.29 is 18.7 Å². The Hall–Kier alpha value is -2.60. The van der Waals surface area contributed by atoms with Crippen LogP contribution in [-0.4, -0.2) is 26.2 Å². The van der Waals surface area contributed by atoms with E-state index < -0.39 is 5.82 Å². The predicted molar refractivity (Wildman–Crippen MR) is 91.6 cm³/mol. The molecule has 0 unspecified atom stereocenters. The lowest BCUT2D eigenvalue weighted by molar-refractivity contribution is -0.116. The number of carbonyl (C=O) groups excluding carboxylic acids is 1. The van der Waals surface area contributed by atoms with Gasteiger partial charge in [-0.05, 0) is 30.2 Å². The number of nitrogen functional groups attached to an aromatic ring is 1. The summed E-state index contributed by atoms with van der Waals surface area (Å²) in [5.74, 6) is -0.279. The van der Waals surface area contributed by atoms with Crippen LogP contribution in [0, 0.1) is 5.82 Å². The van der Waals surface area contributed by atoms with E-state index in [4.69, 9.17) is 15.2 Å². The Balaban J connectivity index is 1.97. The van der Waals surface area contributed by atoms with Gasteiger partial charge in [-0.1, -0.05) is 18.2 Å². The van der Waals surface area contributed by atoms with Crippen molar-refractivity contribution in [3.8, 4) is 5.75 Å². The first-order valence-corrected chi connectivity index (χ1v) is 7.64. The SMILES string of the molecule is COCCOc1ccc(F)cc1NC(=O)CCc1ccccc1N. The van der Waals surface area contributed by atoms with E-state index in [2.05, 4.69) is 5.32 Å². The van der Waals surface area contributed by atoms with Gasteiger partial charge in [-0.15, -0.1) is 0 Å². The van der Waals surface area contributed by atoms with E-state index in [0.29, 0.717) is 36.8 Å². The molecule has 2 aromatic rings. The number of rotatable bonds is 8. The number of hydrogen-bond donors (Lipinski definition) is 2. The minimum absolute atomic E-state index is 0.236. The molecule has 0 aliphatic carbocycles. The second-order valence-corrected chi connectivity index (χ2v) is 5.23. The summed E-state index contributed by atoms with van der Waals surface area (Å²) < 4.78 is 23.8. The molecule has 6 heteroatoms. The third kappa shape index (κ3) is 5.24. The van der Waals surface area contributed by atoms with Gasteiger partial charge in [0.1, 0.15) is 18.2 Å². The monoisotopic (exact) mass is 332 g/mol. The van der Waals surface area contributed by atoms with Gasteiger partial charge in [0, 0.05) is 25.3 Å². The van der Waals surface area contributed by atoms with Crippen molar-refractivity contribution in [3.63, 3.8) is 0 Å². The van der Waals surface area contributed by atoms with Gasteiger partial charge in [-0.2, -0.15) is 0 Å². The highest BCUT2D eigenvalue weighted by Gasteiger charge is 2.10. The second kappa shape index (κ2) is 8.88. The van der Waals surface area contributed by atoms with Gasteiger partial charge in [0.15, 0.2) is 0 Å². The lowest BCUT2D eigenvalue weighted by Gasteiger charge is -2.13. The molecular weight excluding hydrogens is 311 g/mol. The summed E-state index contributed by atoms with van der Waals surface area (Å²) in [7, 11) is 1.56. The molecule has 0 aliphatic rings. The van der Waals surface area contributed by atoms with Crippen LogP contribution in [0.25, 0.3) is 0 Å². The Bertz CT molecular complexity index is 692. The molecule has 3 N–H and O–H groups in total. The zero-order valence-electron chi connectivity index (χ0n) is 13.5. The lowest BCUT2D eigenvalue weighted by Crippen LogP contribution is -2.14. The van der Waals surface area contributed by atoms with Crippen LogP contribution < -0.4 is 15.8 Å². The number of nitrogens with one attached hydrogen (secondary N) is 1. The molecule has 24 heavy (non-hydrogen) atoms. The van der Waals surface area contributed by atoms with Crippen LogP contribution in [0.5, 0.6) is 5.75 Å². The summed E-state index contributed by atoms with van der Waals surface area (Å²) in [5, 5.41) is 2.68. The number of halogens is 1.